The summed E-state index contributed by atoms with van der Waals surface area (Å²) in [6.45, 7) is 2.07. The van der Waals surface area contributed by atoms with Crippen LogP contribution in [0.1, 0.15) is 5.56 Å². The quantitative estimate of drug-likeness (QED) is 0.745. The second kappa shape index (κ2) is 4.14. The van der Waals surface area contributed by atoms with Gasteiger partial charge in [0.05, 0.1) is 16.7 Å². The third kappa shape index (κ3) is 1.69. The first-order valence-electron chi connectivity index (χ1n) is 5.66. The molecule has 4 heteroatoms. The number of rotatable bonds is 1. The van der Waals surface area contributed by atoms with Gasteiger partial charge in [0, 0.05) is 4.47 Å². The van der Waals surface area contributed by atoms with Gasteiger partial charge in [-0.05, 0) is 36.8 Å². The molecule has 0 atom stereocenters. The van der Waals surface area contributed by atoms with Crippen molar-refractivity contribution >= 4 is 32.9 Å². The highest BCUT2D eigenvalue weighted by Crippen LogP contribution is 2.26. The van der Waals surface area contributed by atoms with Gasteiger partial charge >= 0.3 is 0 Å². The average Bonchev–Trinajstić information content (AvgIpc) is 2.67. The summed E-state index contributed by atoms with van der Waals surface area (Å²) >= 11 is 3.48. The van der Waals surface area contributed by atoms with Crippen molar-refractivity contribution in [3.8, 4) is 5.69 Å². The van der Waals surface area contributed by atoms with Gasteiger partial charge < -0.3 is 5.73 Å². The number of nitrogens with zero attached hydrogens (tertiary/aromatic N) is 2. The van der Waals surface area contributed by atoms with Gasteiger partial charge in [0.2, 0.25) is 5.95 Å². The van der Waals surface area contributed by atoms with Crippen molar-refractivity contribution in [3.05, 3.63) is 52.5 Å². The molecular weight excluding hydrogens is 290 g/mol. The molecule has 0 unspecified atom stereocenters. The lowest BCUT2D eigenvalue weighted by molar-refractivity contribution is 1.10. The zero-order chi connectivity index (χ0) is 12.7. The molecule has 0 spiro atoms. The zero-order valence-electron chi connectivity index (χ0n) is 9.89. The predicted molar refractivity (Wildman–Crippen MR) is 77.9 cm³/mol. The van der Waals surface area contributed by atoms with Crippen molar-refractivity contribution in [1.82, 2.24) is 9.55 Å². The van der Waals surface area contributed by atoms with Gasteiger partial charge in [-0.25, -0.2) is 4.98 Å². The summed E-state index contributed by atoms with van der Waals surface area (Å²) in [5.41, 5.74) is 10.2. The number of benzene rings is 2. The van der Waals surface area contributed by atoms with Crippen LogP contribution in [0.4, 0.5) is 5.95 Å². The van der Waals surface area contributed by atoms with E-state index in [1.54, 1.807) is 0 Å². The van der Waals surface area contributed by atoms with Gasteiger partial charge in [0.15, 0.2) is 0 Å². The van der Waals surface area contributed by atoms with Gasteiger partial charge in [-0.1, -0.05) is 34.1 Å². The first-order valence-corrected chi connectivity index (χ1v) is 6.45. The molecule has 18 heavy (non-hydrogen) atoms. The molecule has 0 saturated carbocycles. The summed E-state index contributed by atoms with van der Waals surface area (Å²) in [6.07, 6.45) is 0. The van der Waals surface area contributed by atoms with E-state index < -0.39 is 0 Å². The Balaban J connectivity index is 2.38. The number of aromatic nitrogens is 2. The maximum atomic E-state index is 6.04. The predicted octanol–water partition coefficient (Wildman–Crippen LogP) is 3.68. The number of fused-ring (bicyclic) bond motifs is 1. The van der Waals surface area contributed by atoms with E-state index in [0.29, 0.717) is 5.95 Å². The molecule has 3 nitrogen and oxygen atoms in total. The highest BCUT2D eigenvalue weighted by Gasteiger charge is 2.11. The number of anilines is 1. The van der Waals surface area contributed by atoms with Crippen LogP contribution in [0.5, 0.6) is 0 Å². The van der Waals surface area contributed by atoms with Crippen LogP contribution in [0.2, 0.25) is 0 Å². The average molecular weight is 302 g/mol. The number of nitrogens with two attached hydrogens (primary N) is 1. The Kier molecular flexibility index (Phi) is 2.59. The van der Waals surface area contributed by atoms with E-state index in [9.17, 15) is 0 Å². The molecule has 0 aliphatic rings. The van der Waals surface area contributed by atoms with E-state index in [1.165, 1.54) is 0 Å². The monoisotopic (exact) mass is 301 g/mol. The van der Waals surface area contributed by atoms with E-state index in [4.69, 9.17) is 5.73 Å². The molecule has 0 aliphatic carbocycles. The molecule has 0 saturated heterocycles. The maximum Gasteiger partial charge on any atom is 0.205 e. The highest BCUT2D eigenvalue weighted by molar-refractivity contribution is 9.10. The second-order valence-electron chi connectivity index (χ2n) is 4.23. The van der Waals surface area contributed by atoms with Gasteiger partial charge in [0.1, 0.15) is 0 Å². The Hall–Kier alpha value is -1.81. The summed E-state index contributed by atoms with van der Waals surface area (Å²) in [5, 5.41) is 0. The van der Waals surface area contributed by atoms with Crippen molar-refractivity contribution in [2.75, 3.05) is 5.73 Å². The number of halogens is 1. The molecule has 0 radical (unpaired) electrons. The Morgan fingerprint density at radius 2 is 1.94 bits per heavy atom. The Bertz CT molecular complexity index is 731. The van der Waals surface area contributed by atoms with Crippen LogP contribution in [0.15, 0.2) is 46.9 Å². The summed E-state index contributed by atoms with van der Waals surface area (Å²) in [5.74, 6) is 0.511. The molecule has 2 aromatic carbocycles. The van der Waals surface area contributed by atoms with Crippen LogP contribution in [0.3, 0.4) is 0 Å². The number of nitrogen functional groups attached to an aromatic ring is 1. The Morgan fingerprint density at radius 3 is 2.72 bits per heavy atom. The number of para-hydroxylation sites is 1. The fourth-order valence-corrected chi connectivity index (χ4v) is 2.58. The van der Waals surface area contributed by atoms with Crippen LogP contribution in [0.25, 0.3) is 16.7 Å². The van der Waals surface area contributed by atoms with Crippen LogP contribution >= 0.6 is 15.9 Å². The maximum absolute atomic E-state index is 6.04. The summed E-state index contributed by atoms with van der Waals surface area (Å²) in [6, 6.07) is 14.1. The molecule has 0 aliphatic heterocycles. The van der Waals surface area contributed by atoms with Crippen molar-refractivity contribution in [3.63, 3.8) is 0 Å². The lowest BCUT2D eigenvalue weighted by Crippen LogP contribution is -2.01. The van der Waals surface area contributed by atoms with Crippen LogP contribution in [-0.4, -0.2) is 9.55 Å². The van der Waals surface area contributed by atoms with Crippen LogP contribution in [0, 0.1) is 6.92 Å². The van der Waals surface area contributed by atoms with Crippen molar-refractivity contribution < 1.29 is 0 Å². The third-order valence-electron chi connectivity index (χ3n) is 2.97. The van der Waals surface area contributed by atoms with Gasteiger partial charge in [-0.2, -0.15) is 0 Å². The molecule has 0 fully saturated rings. The lowest BCUT2D eigenvalue weighted by atomic mass is 10.2. The molecule has 1 heterocycles. The van der Waals surface area contributed by atoms with Gasteiger partial charge in [0.25, 0.3) is 0 Å². The topological polar surface area (TPSA) is 43.8 Å². The molecule has 2 N–H and O–H groups in total. The normalized spacial score (nSPS) is 11.0. The third-order valence-corrected chi connectivity index (χ3v) is 3.46. The van der Waals surface area contributed by atoms with E-state index in [0.717, 1.165) is 26.8 Å². The fraction of sp³-hybridized carbons (Fsp3) is 0.0714. The zero-order valence-corrected chi connectivity index (χ0v) is 11.5. The molecular formula is C14H12BrN3. The first kappa shape index (κ1) is 11.3. The van der Waals surface area contributed by atoms with E-state index >= 15 is 0 Å². The lowest BCUT2D eigenvalue weighted by Gasteiger charge is -2.08. The standard InChI is InChI=1S/C14H12BrN3/c1-9-4-2-7-12-13(9)18(14(16)17-12)11-6-3-5-10(15)8-11/h2-8H,1H3,(H2,16,17). The summed E-state index contributed by atoms with van der Waals surface area (Å²) < 4.78 is 3.00. The first-order chi connectivity index (χ1) is 8.66. The number of imidazole rings is 1. The van der Waals surface area contributed by atoms with E-state index in [1.807, 2.05) is 41.0 Å². The minimum Gasteiger partial charge on any atom is -0.369 e. The number of aryl methyl sites for hydroxylation is 1. The highest BCUT2D eigenvalue weighted by atomic mass is 79.9. The molecule has 90 valence electrons. The number of hydrogen-bond donors (Lipinski definition) is 1. The molecule has 1 aromatic heterocycles. The largest absolute Gasteiger partial charge is 0.369 e. The van der Waals surface area contributed by atoms with Crippen molar-refractivity contribution in [2.24, 2.45) is 0 Å². The Labute approximate surface area is 113 Å². The van der Waals surface area contributed by atoms with Crippen molar-refractivity contribution in [1.29, 1.82) is 0 Å². The van der Waals surface area contributed by atoms with E-state index in [2.05, 4.69) is 33.9 Å². The van der Waals surface area contributed by atoms with Gasteiger partial charge in [-0.3, -0.25) is 4.57 Å². The SMILES string of the molecule is Cc1cccc2nc(N)n(-c3cccc(Br)c3)c12. The summed E-state index contributed by atoms with van der Waals surface area (Å²) in [7, 11) is 0. The van der Waals surface area contributed by atoms with Crippen LogP contribution < -0.4 is 5.73 Å². The molecule has 3 rings (SSSR count). The smallest absolute Gasteiger partial charge is 0.205 e. The van der Waals surface area contributed by atoms with Crippen LogP contribution in [-0.2, 0) is 0 Å². The Morgan fingerprint density at radius 1 is 1.17 bits per heavy atom. The van der Waals surface area contributed by atoms with Crippen molar-refractivity contribution in [2.45, 2.75) is 6.92 Å². The molecule has 0 amide bonds. The fourth-order valence-electron chi connectivity index (χ4n) is 2.19. The number of hydrogen-bond acceptors (Lipinski definition) is 2. The summed E-state index contributed by atoms with van der Waals surface area (Å²) in [4.78, 5) is 4.41. The van der Waals surface area contributed by atoms with E-state index in [-0.39, 0.29) is 0 Å². The minimum atomic E-state index is 0.511. The molecule has 0 bridgehead atoms. The molecule has 3 aromatic rings. The van der Waals surface area contributed by atoms with Gasteiger partial charge in [-0.15, -0.1) is 0 Å². The second-order valence-corrected chi connectivity index (χ2v) is 5.14. The minimum absolute atomic E-state index is 0.511.